The van der Waals surface area contributed by atoms with Crippen LogP contribution in [0.25, 0.3) is 0 Å². The minimum absolute atomic E-state index is 0.683. The van der Waals surface area contributed by atoms with Crippen molar-refractivity contribution in [3.05, 3.63) is 11.1 Å². The number of thiazole rings is 1. The first-order chi connectivity index (χ1) is 9.79. The van der Waals surface area contributed by atoms with Crippen LogP contribution in [-0.4, -0.2) is 60.7 Å². The van der Waals surface area contributed by atoms with Gasteiger partial charge in [0.25, 0.3) is 0 Å². The Morgan fingerprint density at radius 3 is 2.60 bits per heavy atom. The number of anilines is 1. The fourth-order valence-electron chi connectivity index (χ4n) is 3.09. The van der Waals surface area contributed by atoms with Gasteiger partial charge >= 0.3 is 0 Å². The van der Waals surface area contributed by atoms with Gasteiger partial charge in [0.15, 0.2) is 5.13 Å². The number of hydrogen-bond donors (Lipinski definition) is 1. The number of nitrogens with zero attached hydrogens (tertiary/aromatic N) is 3. The van der Waals surface area contributed by atoms with Gasteiger partial charge in [-0.15, -0.1) is 11.3 Å². The lowest BCUT2D eigenvalue weighted by Gasteiger charge is -2.35. The molecule has 1 aromatic heterocycles. The molecule has 0 amide bonds. The number of likely N-dealkylation sites (tertiary alicyclic amines) is 1. The second-order valence-corrected chi connectivity index (χ2v) is 6.94. The second-order valence-electron chi connectivity index (χ2n) is 5.80. The minimum Gasteiger partial charge on any atom is -0.379 e. The standard InChI is InChI=1S/C14H24N4OS/c15-14-16-9-13(20-14)11-17-3-1-12(2-4-17)10-18-5-7-19-8-6-18/h9,12H,1-8,10-11H2,(H2,15,16). The van der Waals surface area contributed by atoms with E-state index in [-0.39, 0.29) is 0 Å². The maximum Gasteiger partial charge on any atom is 0.180 e. The summed E-state index contributed by atoms with van der Waals surface area (Å²) in [5.41, 5.74) is 5.68. The van der Waals surface area contributed by atoms with E-state index in [0.29, 0.717) is 5.13 Å². The van der Waals surface area contributed by atoms with Gasteiger partial charge in [0.1, 0.15) is 0 Å². The molecule has 2 saturated heterocycles. The quantitative estimate of drug-likeness (QED) is 0.907. The van der Waals surface area contributed by atoms with Crippen molar-refractivity contribution in [3.8, 4) is 0 Å². The third-order valence-electron chi connectivity index (χ3n) is 4.28. The molecule has 3 rings (SSSR count). The lowest BCUT2D eigenvalue weighted by atomic mass is 9.96. The van der Waals surface area contributed by atoms with Gasteiger partial charge in [-0.25, -0.2) is 4.98 Å². The van der Waals surface area contributed by atoms with Crippen molar-refractivity contribution in [2.75, 3.05) is 51.7 Å². The molecule has 0 saturated carbocycles. The van der Waals surface area contributed by atoms with E-state index in [2.05, 4.69) is 14.8 Å². The molecule has 0 atom stereocenters. The van der Waals surface area contributed by atoms with Crippen molar-refractivity contribution in [2.24, 2.45) is 5.92 Å². The molecule has 0 aromatic carbocycles. The van der Waals surface area contributed by atoms with E-state index in [1.807, 2.05) is 6.20 Å². The lowest BCUT2D eigenvalue weighted by molar-refractivity contribution is 0.0242. The monoisotopic (exact) mass is 296 g/mol. The molecule has 5 nitrogen and oxygen atoms in total. The number of aromatic nitrogens is 1. The Balaban J connectivity index is 1.40. The van der Waals surface area contributed by atoms with Gasteiger partial charge in [-0.2, -0.15) is 0 Å². The highest BCUT2D eigenvalue weighted by Gasteiger charge is 2.22. The highest BCUT2D eigenvalue weighted by molar-refractivity contribution is 7.15. The summed E-state index contributed by atoms with van der Waals surface area (Å²) in [6.45, 7) is 8.71. The molecular formula is C14H24N4OS. The largest absolute Gasteiger partial charge is 0.379 e. The molecule has 2 N–H and O–H groups in total. The number of ether oxygens (including phenoxy) is 1. The van der Waals surface area contributed by atoms with Crippen molar-refractivity contribution in [2.45, 2.75) is 19.4 Å². The summed E-state index contributed by atoms with van der Waals surface area (Å²) < 4.78 is 5.41. The number of nitrogens with two attached hydrogens (primary N) is 1. The molecule has 20 heavy (non-hydrogen) atoms. The molecule has 0 bridgehead atoms. The van der Waals surface area contributed by atoms with Crippen LogP contribution in [0.1, 0.15) is 17.7 Å². The summed E-state index contributed by atoms with van der Waals surface area (Å²) in [5.74, 6) is 0.857. The van der Waals surface area contributed by atoms with Gasteiger partial charge in [-0.1, -0.05) is 0 Å². The first-order valence-electron chi connectivity index (χ1n) is 7.52. The van der Waals surface area contributed by atoms with E-state index in [1.165, 1.54) is 37.4 Å². The number of hydrogen-bond acceptors (Lipinski definition) is 6. The Hall–Kier alpha value is -0.690. The van der Waals surface area contributed by atoms with Crippen LogP contribution >= 0.6 is 11.3 Å². The fraction of sp³-hybridized carbons (Fsp3) is 0.786. The van der Waals surface area contributed by atoms with Crippen molar-refractivity contribution < 1.29 is 4.74 Å². The van der Waals surface area contributed by atoms with Crippen LogP contribution in [0.15, 0.2) is 6.20 Å². The third-order valence-corrected chi connectivity index (χ3v) is 5.09. The molecule has 6 heteroatoms. The van der Waals surface area contributed by atoms with Crippen LogP contribution in [0.2, 0.25) is 0 Å². The van der Waals surface area contributed by atoms with Gasteiger partial charge in [0.2, 0.25) is 0 Å². The fourth-order valence-corrected chi connectivity index (χ4v) is 3.82. The molecule has 112 valence electrons. The predicted octanol–water partition coefficient (Wildman–Crippen LogP) is 1.27. The second kappa shape index (κ2) is 6.85. The third kappa shape index (κ3) is 3.91. The van der Waals surface area contributed by atoms with E-state index >= 15 is 0 Å². The molecular weight excluding hydrogens is 272 g/mol. The Kier molecular flexibility index (Phi) is 4.88. The van der Waals surface area contributed by atoms with E-state index in [0.717, 1.165) is 38.8 Å². The van der Waals surface area contributed by atoms with Crippen LogP contribution < -0.4 is 5.73 Å². The molecule has 0 radical (unpaired) electrons. The topological polar surface area (TPSA) is 54.6 Å². The Bertz CT molecular complexity index is 411. The number of nitrogen functional groups attached to an aromatic ring is 1. The van der Waals surface area contributed by atoms with E-state index in [9.17, 15) is 0 Å². The highest BCUT2D eigenvalue weighted by atomic mass is 32.1. The van der Waals surface area contributed by atoms with Gasteiger partial charge < -0.3 is 10.5 Å². The average molecular weight is 296 g/mol. The van der Waals surface area contributed by atoms with Gasteiger partial charge in [-0.3, -0.25) is 9.80 Å². The number of rotatable bonds is 4. The van der Waals surface area contributed by atoms with Crippen molar-refractivity contribution in [1.29, 1.82) is 0 Å². The molecule has 0 spiro atoms. The highest BCUT2D eigenvalue weighted by Crippen LogP contribution is 2.22. The van der Waals surface area contributed by atoms with Gasteiger partial charge in [-0.05, 0) is 31.8 Å². The summed E-state index contributed by atoms with van der Waals surface area (Å²) in [4.78, 5) is 10.5. The van der Waals surface area contributed by atoms with Gasteiger partial charge in [0.05, 0.1) is 13.2 Å². The number of morpholine rings is 1. The first-order valence-corrected chi connectivity index (χ1v) is 8.34. The molecule has 3 heterocycles. The zero-order chi connectivity index (χ0) is 13.8. The van der Waals surface area contributed by atoms with Crippen molar-refractivity contribution in [3.63, 3.8) is 0 Å². The summed E-state index contributed by atoms with van der Waals surface area (Å²) in [6.07, 6.45) is 4.54. The normalized spacial score (nSPS) is 23.2. The molecule has 0 unspecified atom stereocenters. The van der Waals surface area contributed by atoms with E-state index in [1.54, 1.807) is 11.3 Å². The molecule has 2 aliphatic rings. The van der Waals surface area contributed by atoms with Crippen LogP contribution in [0.5, 0.6) is 0 Å². The maximum absolute atomic E-state index is 5.68. The smallest absolute Gasteiger partial charge is 0.180 e. The number of piperidine rings is 1. The zero-order valence-corrected chi connectivity index (χ0v) is 12.8. The molecule has 2 fully saturated rings. The Morgan fingerprint density at radius 1 is 1.20 bits per heavy atom. The van der Waals surface area contributed by atoms with Crippen LogP contribution in [0.4, 0.5) is 5.13 Å². The van der Waals surface area contributed by atoms with Crippen LogP contribution in [0, 0.1) is 5.92 Å². The van der Waals surface area contributed by atoms with Gasteiger partial charge in [0, 0.05) is 37.3 Å². The predicted molar refractivity (Wildman–Crippen MR) is 81.8 cm³/mol. The Morgan fingerprint density at radius 2 is 1.95 bits per heavy atom. The molecule has 1 aromatic rings. The Labute approximate surface area is 124 Å². The lowest BCUT2D eigenvalue weighted by Crippen LogP contribution is -2.42. The van der Waals surface area contributed by atoms with E-state index in [4.69, 9.17) is 10.5 Å². The summed E-state index contributed by atoms with van der Waals surface area (Å²) >= 11 is 1.61. The van der Waals surface area contributed by atoms with Crippen molar-refractivity contribution in [1.82, 2.24) is 14.8 Å². The zero-order valence-electron chi connectivity index (χ0n) is 12.0. The SMILES string of the molecule is Nc1ncc(CN2CCC(CN3CCOCC3)CC2)s1. The molecule has 0 aliphatic carbocycles. The first kappa shape index (κ1) is 14.3. The summed E-state index contributed by atoms with van der Waals surface area (Å²) in [5, 5.41) is 0.683. The van der Waals surface area contributed by atoms with Crippen LogP contribution in [-0.2, 0) is 11.3 Å². The van der Waals surface area contributed by atoms with E-state index < -0.39 is 0 Å². The summed E-state index contributed by atoms with van der Waals surface area (Å²) in [7, 11) is 0. The van der Waals surface area contributed by atoms with Crippen molar-refractivity contribution >= 4 is 16.5 Å². The van der Waals surface area contributed by atoms with Crippen LogP contribution in [0.3, 0.4) is 0 Å². The summed E-state index contributed by atoms with van der Waals surface area (Å²) in [6, 6.07) is 0. The minimum atomic E-state index is 0.683. The molecule has 2 aliphatic heterocycles. The average Bonchev–Trinajstić information content (AvgIpc) is 2.88. The maximum atomic E-state index is 5.68.